The standard InChI is InChI=1S/C22H25NO5/c1-5-27-22(25)17-8-10-18(11-9-17)23-21(24)13-7-16-6-12-19(28-15(2)3)20(14-16)26-4/h6-15H,5H2,1-4H3,(H,23,24)/b13-7+. The van der Waals surface area contributed by atoms with Gasteiger partial charge in [-0.2, -0.15) is 0 Å². The average Bonchev–Trinajstić information content (AvgIpc) is 2.67. The second-order valence-corrected chi connectivity index (χ2v) is 6.20. The van der Waals surface area contributed by atoms with E-state index >= 15 is 0 Å². The van der Waals surface area contributed by atoms with Gasteiger partial charge in [-0.1, -0.05) is 6.07 Å². The Morgan fingerprint density at radius 1 is 1.07 bits per heavy atom. The highest BCUT2D eigenvalue weighted by atomic mass is 16.5. The van der Waals surface area contributed by atoms with Gasteiger partial charge in [-0.3, -0.25) is 4.79 Å². The van der Waals surface area contributed by atoms with Gasteiger partial charge in [0.2, 0.25) is 5.91 Å². The molecule has 0 aliphatic rings. The molecule has 0 atom stereocenters. The van der Waals surface area contributed by atoms with Crippen LogP contribution in [-0.2, 0) is 9.53 Å². The summed E-state index contributed by atoms with van der Waals surface area (Å²) in [5.41, 5.74) is 1.83. The Kier molecular flexibility index (Phi) is 7.63. The van der Waals surface area contributed by atoms with E-state index in [0.29, 0.717) is 29.4 Å². The van der Waals surface area contributed by atoms with Crippen LogP contribution in [0.15, 0.2) is 48.5 Å². The number of ether oxygens (including phenoxy) is 3. The molecule has 0 spiro atoms. The van der Waals surface area contributed by atoms with Gasteiger partial charge in [-0.25, -0.2) is 4.79 Å². The smallest absolute Gasteiger partial charge is 0.338 e. The summed E-state index contributed by atoms with van der Waals surface area (Å²) in [4.78, 5) is 23.8. The number of esters is 1. The third-order valence-corrected chi connectivity index (χ3v) is 3.64. The van der Waals surface area contributed by atoms with Crippen LogP contribution in [-0.4, -0.2) is 31.7 Å². The molecule has 0 aliphatic heterocycles. The van der Waals surface area contributed by atoms with Crippen molar-refractivity contribution in [2.75, 3.05) is 19.0 Å². The molecule has 0 bridgehead atoms. The fourth-order valence-electron chi connectivity index (χ4n) is 2.40. The molecule has 0 aromatic heterocycles. The van der Waals surface area contributed by atoms with E-state index in [1.54, 1.807) is 50.4 Å². The molecule has 1 amide bonds. The molecule has 1 N–H and O–H groups in total. The van der Waals surface area contributed by atoms with Crippen LogP contribution in [0.25, 0.3) is 6.08 Å². The first-order chi connectivity index (χ1) is 13.4. The molecule has 0 saturated carbocycles. The lowest BCUT2D eigenvalue weighted by molar-refractivity contribution is -0.111. The van der Waals surface area contributed by atoms with E-state index in [9.17, 15) is 9.59 Å². The van der Waals surface area contributed by atoms with Gasteiger partial charge in [-0.05, 0) is 68.8 Å². The van der Waals surface area contributed by atoms with E-state index < -0.39 is 0 Å². The summed E-state index contributed by atoms with van der Waals surface area (Å²) in [6, 6.07) is 12.0. The summed E-state index contributed by atoms with van der Waals surface area (Å²) in [5, 5.41) is 2.74. The highest BCUT2D eigenvalue weighted by Crippen LogP contribution is 2.29. The van der Waals surface area contributed by atoms with Crippen LogP contribution in [0.1, 0.15) is 36.7 Å². The van der Waals surface area contributed by atoms with Crippen LogP contribution < -0.4 is 14.8 Å². The fourth-order valence-corrected chi connectivity index (χ4v) is 2.40. The van der Waals surface area contributed by atoms with Gasteiger partial charge in [-0.15, -0.1) is 0 Å². The fraction of sp³-hybridized carbons (Fsp3) is 0.273. The first kappa shape index (κ1) is 21.0. The summed E-state index contributed by atoms with van der Waals surface area (Å²) in [5.74, 6) is 0.580. The van der Waals surface area contributed by atoms with Crippen molar-refractivity contribution in [1.29, 1.82) is 0 Å². The molecule has 2 aromatic carbocycles. The molecule has 0 fully saturated rings. The maximum Gasteiger partial charge on any atom is 0.338 e. The van der Waals surface area contributed by atoms with Gasteiger partial charge in [0.1, 0.15) is 0 Å². The zero-order chi connectivity index (χ0) is 20.5. The Balaban J connectivity index is 2.00. The van der Waals surface area contributed by atoms with Crippen molar-refractivity contribution in [3.8, 4) is 11.5 Å². The average molecular weight is 383 g/mol. The van der Waals surface area contributed by atoms with Crippen LogP contribution in [0.5, 0.6) is 11.5 Å². The highest BCUT2D eigenvalue weighted by molar-refractivity contribution is 6.02. The third kappa shape index (κ3) is 6.16. The molecule has 0 unspecified atom stereocenters. The third-order valence-electron chi connectivity index (χ3n) is 3.64. The van der Waals surface area contributed by atoms with Crippen molar-refractivity contribution in [3.63, 3.8) is 0 Å². The highest BCUT2D eigenvalue weighted by Gasteiger charge is 2.08. The predicted octanol–water partition coefficient (Wildman–Crippen LogP) is 4.31. The molecule has 0 heterocycles. The minimum absolute atomic E-state index is 0.0382. The monoisotopic (exact) mass is 383 g/mol. The number of amides is 1. The van der Waals surface area contributed by atoms with Crippen LogP contribution in [0.4, 0.5) is 5.69 Å². The van der Waals surface area contributed by atoms with Gasteiger partial charge < -0.3 is 19.5 Å². The minimum Gasteiger partial charge on any atom is -0.493 e. The number of nitrogens with one attached hydrogen (secondary N) is 1. The number of carbonyl (C=O) groups excluding carboxylic acids is 2. The Hall–Kier alpha value is -3.28. The van der Waals surface area contributed by atoms with Crippen LogP contribution in [0, 0.1) is 0 Å². The lowest BCUT2D eigenvalue weighted by atomic mass is 10.1. The first-order valence-corrected chi connectivity index (χ1v) is 9.04. The summed E-state index contributed by atoms with van der Waals surface area (Å²) in [7, 11) is 1.57. The Morgan fingerprint density at radius 2 is 1.79 bits per heavy atom. The SMILES string of the molecule is CCOC(=O)c1ccc(NC(=O)/C=C/c2ccc(OC(C)C)c(OC)c2)cc1. The Bertz CT molecular complexity index is 841. The normalized spacial score (nSPS) is 10.8. The van der Waals surface area contributed by atoms with Crippen molar-refractivity contribution in [2.24, 2.45) is 0 Å². The molecule has 148 valence electrons. The molecule has 6 nitrogen and oxygen atoms in total. The van der Waals surface area contributed by atoms with Gasteiger partial charge in [0.25, 0.3) is 0 Å². The number of hydrogen-bond donors (Lipinski definition) is 1. The number of hydrogen-bond acceptors (Lipinski definition) is 5. The zero-order valence-corrected chi connectivity index (χ0v) is 16.5. The van der Waals surface area contributed by atoms with Gasteiger partial charge in [0.05, 0.1) is 25.4 Å². The lowest BCUT2D eigenvalue weighted by Gasteiger charge is -2.13. The maximum absolute atomic E-state index is 12.1. The van der Waals surface area contributed by atoms with E-state index in [1.165, 1.54) is 6.08 Å². The van der Waals surface area contributed by atoms with Gasteiger partial charge >= 0.3 is 5.97 Å². The number of methoxy groups -OCH3 is 1. The zero-order valence-electron chi connectivity index (χ0n) is 16.5. The summed E-state index contributed by atoms with van der Waals surface area (Å²) in [6.07, 6.45) is 3.15. The largest absolute Gasteiger partial charge is 0.493 e. The van der Waals surface area contributed by atoms with Crippen molar-refractivity contribution in [2.45, 2.75) is 26.9 Å². The van der Waals surface area contributed by atoms with Gasteiger partial charge in [0, 0.05) is 11.8 Å². The van der Waals surface area contributed by atoms with E-state index in [4.69, 9.17) is 14.2 Å². The number of rotatable bonds is 8. The van der Waals surface area contributed by atoms with E-state index in [0.717, 1.165) is 5.56 Å². The molecule has 0 saturated heterocycles. The molecular formula is C22H25NO5. The van der Waals surface area contributed by atoms with Crippen LogP contribution >= 0.6 is 0 Å². The molecular weight excluding hydrogens is 358 g/mol. The molecule has 2 rings (SSSR count). The quantitative estimate of drug-likeness (QED) is 0.543. The molecule has 28 heavy (non-hydrogen) atoms. The Morgan fingerprint density at radius 3 is 2.39 bits per heavy atom. The number of benzene rings is 2. The predicted molar refractivity (Wildman–Crippen MR) is 109 cm³/mol. The van der Waals surface area contributed by atoms with E-state index in [2.05, 4.69) is 5.32 Å². The van der Waals surface area contributed by atoms with Crippen molar-refractivity contribution in [3.05, 3.63) is 59.7 Å². The summed E-state index contributed by atoms with van der Waals surface area (Å²) < 4.78 is 15.9. The van der Waals surface area contributed by atoms with E-state index in [1.807, 2.05) is 26.0 Å². The number of carbonyl (C=O) groups is 2. The van der Waals surface area contributed by atoms with E-state index in [-0.39, 0.29) is 18.0 Å². The van der Waals surface area contributed by atoms with Crippen LogP contribution in [0.2, 0.25) is 0 Å². The molecule has 6 heteroatoms. The minimum atomic E-state index is -0.390. The number of anilines is 1. The molecule has 0 aliphatic carbocycles. The second kappa shape index (κ2) is 10.2. The first-order valence-electron chi connectivity index (χ1n) is 9.04. The van der Waals surface area contributed by atoms with Crippen molar-refractivity contribution in [1.82, 2.24) is 0 Å². The lowest BCUT2D eigenvalue weighted by Crippen LogP contribution is -2.09. The maximum atomic E-state index is 12.1. The van der Waals surface area contributed by atoms with Gasteiger partial charge in [0.15, 0.2) is 11.5 Å². The van der Waals surface area contributed by atoms with Crippen LogP contribution in [0.3, 0.4) is 0 Å². The van der Waals surface area contributed by atoms with Crippen molar-refractivity contribution < 1.29 is 23.8 Å². The molecule has 2 aromatic rings. The second-order valence-electron chi connectivity index (χ2n) is 6.20. The summed E-state index contributed by atoms with van der Waals surface area (Å²) in [6.45, 7) is 5.95. The Labute approximate surface area is 165 Å². The molecule has 0 radical (unpaired) electrons. The summed E-state index contributed by atoms with van der Waals surface area (Å²) >= 11 is 0. The topological polar surface area (TPSA) is 73.9 Å². The van der Waals surface area contributed by atoms with Crippen molar-refractivity contribution >= 4 is 23.6 Å².